The average molecular weight is 322 g/mol. The second-order valence-electron chi connectivity index (χ2n) is 6.87. The van der Waals surface area contributed by atoms with Gasteiger partial charge in [-0.2, -0.15) is 0 Å². The Morgan fingerprint density at radius 3 is 2.33 bits per heavy atom. The van der Waals surface area contributed by atoms with Gasteiger partial charge in [0.25, 0.3) is 0 Å². The molecular formula is C23H31N. The van der Waals surface area contributed by atoms with E-state index in [1.54, 1.807) is 0 Å². The second-order valence-corrected chi connectivity index (χ2v) is 6.87. The molecule has 24 heavy (non-hydrogen) atoms. The fourth-order valence-electron chi connectivity index (χ4n) is 3.76. The number of allylic oxidation sites excluding steroid dienone is 3. The van der Waals surface area contributed by atoms with Gasteiger partial charge in [-0.1, -0.05) is 68.1 Å². The van der Waals surface area contributed by atoms with Gasteiger partial charge in [-0.25, -0.2) is 0 Å². The lowest BCUT2D eigenvalue weighted by atomic mass is 9.77. The Labute approximate surface area is 148 Å². The van der Waals surface area contributed by atoms with Crippen molar-refractivity contribution < 1.29 is 0 Å². The fraction of sp³-hybridized carbons (Fsp3) is 0.391. The molecule has 0 spiro atoms. The van der Waals surface area contributed by atoms with E-state index in [0.29, 0.717) is 12.0 Å². The molecule has 1 fully saturated rings. The van der Waals surface area contributed by atoms with Gasteiger partial charge in [0, 0.05) is 18.2 Å². The quantitative estimate of drug-likeness (QED) is 0.465. The molecule has 0 aliphatic carbocycles. The van der Waals surface area contributed by atoms with Gasteiger partial charge in [0.1, 0.15) is 0 Å². The van der Waals surface area contributed by atoms with Crippen LogP contribution in [0.25, 0.3) is 5.70 Å². The van der Waals surface area contributed by atoms with Crippen LogP contribution in [0.1, 0.15) is 44.7 Å². The highest BCUT2D eigenvalue weighted by molar-refractivity contribution is 5.63. The SMILES string of the molecule is C=C(C)C(=C)C1CCN(C(=C)c2ccc(C)cc2)C(CC)/C1=C/C. The lowest BCUT2D eigenvalue weighted by Gasteiger charge is -2.44. The molecule has 1 aromatic rings. The third-order valence-electron chi connectivity index (χ3n) is 5.24. The number of rotatable bonds is 5. The molecule has 0 N–H and O–H groups in total. The predicted molar refractivity (Wildman–Crippen MR) is 107 cm³/mol. The van der Waals surface area contributed by atoms with Gasteiger partial charge in [0.2, 0.25) is 0 Å². The van der Waals surface area contributed by atoms with E-state index >= 15 is 0 Å². The number of benzene rings is 1. The number of aryl methyl sites for hydroxylation is 1. The summed E-state index contributed by atoms with van der Waals surface area (Å²) in [5.41, 5.74) is 7.36. The van der Waals surface area contributed by atoms with Crippen LogP contribution < -0.4 is 0 Å². The van der Waals surface area contributed by atoms with Crippen LogP contribution in [-0.2, 0) is 0 Å². The van der Waals surface area contributed by atoms with Crippen LogP contribution in [0.2, 0.25) is 0 Å². The standard InChI is InChI=1S/C23H31N/c1-8-21-22(18(6)16(3)4)14-15-24(23(21)9-2)19(7)20-12-10-17(5)11-13-20/h8,10-13,22-23H,3,6-7,9,14-15H2,1-2,4-5H3/b21-8+. The van der Waals surface area contributed by atoms with E-state index in [0.717, 1.165) is 30.7 Å². The van der Waals surface area contributed by atoms with Crippen molar-refractivity contribution in [3.8, 4) is 0 Å². The molecule has 2 rings (SSSR count). The van der Waals surface area contributed by atoms with Gasteiger partial charge in [-0.3, -0.25) is 0 Å². The second kappa shape index (κ2) is 7.70. The van der Waals surface area contributed by atoms with Crippen molar-refractivity contribution in [3.05, 3.63) is 77.9 Å². The van der Waals surface area contributed by atoms with Crippen LogP contribution in [0.4, 0.5) is 0 Å². The molecule has 1 saturated heterocycles. The molecule has 128 valence electrons. The number of hydrogen-bond donors (Lipinski definition) is 0. The molecular weight excluding hydrogens is 290 g/mol. The van der Waals surface area contributed by atoms with Gasteiger partial charge >= 0.3 is 0 Å². The molecule has 1 heteroatoms. The smallest absolute Gasteiger partial charge is 0.0505 e. The summed E-state index contributed by atoms with van der Waals surface area (Å²) in [5.74, 6) is 0.416. The number of likely N-dealkylation sites (tertiary alicyclic amines) is 1. The molecule has 0 aromatic heterocycles. The number of nitrogens with zero attached hydrogens (tertiary/aromatic N) is 1. The fourth-order valence-corrected chi connectivity index (χ4v) is 3.76. The van der Waals surface area contributed by atoms with Crippen molar-refractivity contribution in [1.29, 1.82) is 0 Å². The molecule has 0 radical (unpaired) electrons. The summed E-state index contributed by atoms with van der Waals surface area (Å²) >= 11 is 0. The molecule has 2 atom stereocenters. The average Bonchev–Trinajstić information content (AvgIpc) is 2.59. The van der Waals surface area contributed by atoms with Crippen molar-refractivity contribution in [2.24, 2.45) is 5.92 Å². The molecule has 1 aromatic carbocycles. The van der Waals surface area contributed by atoms with Crippen LogP contribution in [0.5, 0.6) is 0 Å². The van der Waals surface area contributed by atoms with Gasteiger partial charge in [-0.15, -0.1) is 0 Å². The Morgan fingerprint density at radius 1 is 1.21 bits per heavy atom. The molecule has 0 bridgehead atoms. The van der Waals surface area contributed by atoms with Crippen molar-refractivity contribution in [3.63, 3.8) is 0 Å². The highest BCUT2D eigenvalue weighted by Gasteiger charge is 2.33. The zero-order valence-corrected chi connectivity index (χ0v) is 15.7. The molecule has 0 amide bonds. The minimum atomic E-state index is 0.388. The normalized spacial score (nSPS) is 22.5. The summed E-state index contributed by atoms with van der Waals surface area (Å²) < 4.78 is 0. The Hall–Kier alpha value is -2.02. The van der Waals surface area contributed by atoms with E-state index in [9.17, 15) is 0 Å². The summed E-state index contributed by atoms with van der Waals surface area (Å²) in [6.07, 6.45) is 4.43. The van der Waals surface area contributed by atoms with Crippen LogP contribution in [0, 0.1) is 12.8 Å². The van der Waals surface area contributed by atoms with Crippen LogP contribution in [-0.4, -0.2) is 17.5 Å². The Kier molecular flexibility index (Phi) is 5.88. The third kappa shape index (κ3) is 3.56. The minimum Gasteiger partial charge on any atom is -0.365 e. The number of piperidine rings is 1. The summed E-state index contributed by atoms with van der Waals surface area (Å²) in [5, 5.41) is 0. The molecule has 2 unspecified atom stereocenters. The van der Waals surface area contributed by atoms with Crippen LogP contribution >= 0.6 is 0 Å². The summed E-state index contributed by atoms with van der Waals surface area (Å²) in [6, 6.07) is 9.07. The first kappa shape index (κ1) is 18.3. The maximum Gasteiger partial charge on any atom is 0.0505 e. The Balaban J connectivity index is 2.30. The van der Waals surface area contributed by atoms with E-state index in [4.69, 9.17) is 0 Å². The topological polar surface area (TPSA) is 3.24 Å². The zero-order valence-electron chi connectivity index (χ0n) is 15.7. The zero-order chi connectivity index (χ0) is 17.9. The summed E-state index contributed by atoms with van der Waals surface area (Å²) in [7, 11) is 0. The van der Waals surface area contributed by atoms with Gasteiger partial charge < -0.3 is 4.90 Å². The molecule has 1 nitrogen and oxygen atoms in total. The summed E-state index contributed by atoms with van der Waals surface area (Å²) in [4.78, 5) is 2.47. The van der Waals surface area contributed by atoms with E-state index in [1.165, 1.54) is 22.3 Å². The lowest BCUT2D eigenvalue weighted by Crippen LogP contribution is -2.43. The first-order chi connectivity index (χ1) is 11.4. The molecule has 0 saturated carbocycles. The highest BCUT2D eigenvalue weighted by Crippen LogP contribution is 2.39. The van der Waals surface area contributed by atoms with Crippen molar-refractivity contribution in [1.82, 2.24) is 4.90 Å². The molecule has 1 aliphatic rings. The third-order valence-corrected chi connectivity index (χ3v) is 5.24. The Morgan fingerprint density at radius 2 is 1.83 bits per heavy atom. The van der Waals surface area contributed by atoms with E-state index in [-0.39, 0.29) is 0 Å². The van der Waals surface area contributed by atoms with E-state index in [1.807, 2.05) is 0 Å². The largest absolute Gasteiger partial charge is 0.365 e. The predicted octanol–water partition coefficient (Wildman–Crippen LogP) is 6.14. The highest BCUT2D eigenvalue weighted by atomic mass is 15.2. The van der Waals surface area contributed by atoms with Crippen LogP contribution in [0.15, 0.2) is 66.8 Å². The van der Waals surface area contributed by atoms with Gasteiger partial charge in [0.15, 0.2) is 0 Å². The maximum atomic E-state index is 4.41. The van der Waals surface area contributed by atoms with E-state index < -0.39 is 0 Å². The minimum absolute atomic E-state index is 0.388. The maximum absolute atomic E-state index is 4.41. The lowest BCUT2D eigenvalue weighted by molar-refractivity contribution is 0.252. The van der Waals surface area contributed by atoms with Crippen LogP contribution in [0.3, 0.4) is 0 Å². The van der Waals surface area contributed by atoms with Crippen molar-refractivity contribution >= 4 is 5.70 Å². The van der Waals surface area contributed by atoms with Gasteiger partial charge in [0.05, 0.1) is 6.04 Å². The van der Waals surface area contributed by atoms with Crippen molar-refractivity contribution in [2.45, 2.75) is 46.6 Å². The monoisotopic (exact) mass is 321 g/mol. The molecule has 1 heterocycles. The van der Waals surface area contributed by atoms with E-state index in [2.05, 4.69) is 82.7 Å². The first-order valence-electron chi connectivity index (χ1n) is 8.94. The van der Waals surface area contributed by atoms with Crippen molar-refractivity contribution in [2.75, 3.05) is 6.54 Å². The number of hydrogen-bond acceptors (Lipinski definition) is 1. The summed E-state index contributed by atoms with van der Waals surface area (Å²) in [6.45, 7) is 22.4. The first-order valence-corrected chi connectivity index (χ1v) is 8.94. The molecule has 1 aliphatic heterocycles. The van der Waals surface area contributed by atoms with Gasteiger partial charge in [-0.05, 0) is 50.3 Å². The Bertz CT molecular complexity index is 660.